The van der Waals surface area contributed by atoms with Crippen LogP contribution in [0.25, 0.3) is 0 Å². The number of rotatable bonds is 7. The summed E-state index contributed by atoms with van der Waals surface area (Å²) < 4.78 is 0. The fourth-order valence-corrected chi connectivity index (χ4v) is 1.23. The van der Waals surface area contributed by atoms with Gasteiger partial charge in [0.15, 0.2) is 0 Å². The minimum Gasteiger partial charge on any atom is -0.383 e. The molecule has 0 rings (SSSR count). The second-order valence-electron chi connectivity index (χ2n) is 4.74. The highest BCUT2D eigenvalue weighted by Crippen LogP contribution is 2.24. The minimum atomic E-state index is -1.04. The lowest BCUT2D eigenvalue weighted by atomic mass is 9.83. The normalized spacial score (nSPS) is 13.0. The molecule has 0 aromatic heterocycles. The average molecular weight is 244 g/mol. The third-order valence-corrected chi connectivity index (χ3v) is 2.93. The summed E-state index contributed by atoms with van der Waals surface area (Å²) in [5.74, 6) is -0.516. The Hall–Kier alpha value is -1.10. The highest BCUT2D eigenvalue weighted by molar-refractivity contribution is 5.82. The van der Waals surface area contributed by atoms with Crippen LogP contribution in [0.15, 0.2) is 0 Å². The van der Waals surface area contributed by atoms with Gasteiger partial charge in [-0.2, -0.15) is 0 Å². The summed E-state index contributed by atoms with van der Waals surface area (Å²) in [5.41, 5.74) is -0.449. The molecule has 0 aliphatic carbocycles. The standard InChI is InChI=1S/C12H24N2O3/c1-5-12(3,4)10(16)11(17)14-8-7-9(15)13-6-2/h10,16H,5-8H2,1-4H3,(H,13,15)(H,14,17). The minimum absolute atomic E-state index is 0.1000. The van der Waals surface area contributed by atoms with Gasteiger partial charge < -0.3 is 15.7 Å². The third-order valence-electron chi connectivity index (χ3n) is 2.93. The Bertz CT molecular complexity index is 264. The van der Waals surface area contributed by atoms with E-state index in [0.29, 0.717) is 13.0 Å². The number of hydrogen-bond donors (Lipinski definition) is 3. The van der Waals surface area contributed by atoms with Crippen LogP contribution in [0.2, 0.25) is 0 Å². The van der Waals surface area contributed by atoms with Crippen LogP contribution in [0.5, 0.6) is 0 Å². The van der Waals surface area contributed by atoms with Gasteiger partial charge in [-0.3, -0.25) is 9.59 Å². The quantitative estimate of drug-likeness (QED) is 0.607. The van der Waals surface area contributed by atoms with Gasteiger partial charge in [-0.1, -0.05) is 20.8 Å². The predicted octanol–water partition coefficient (Wildman–Crippen LogP) is 0.426. The van der Waals surface area contributed by atoms with Crippen molar-refractivity contribution in [3.63, 3.8) is 0 Å². The number of amides is 2. The second kappa shape index (κ2) is 7.27. The molecular weight excluding hydrogens is 220 g/mol. The smallest absolute Gasteiger partial charge is 0.249 e. The number of aliphatic hydroxyl groups excluding tert-OH is 1. The predicted molar refractivity (Wildman–Crippen MR) is 66.4 cm³/mol. The van der Waals surface area contributed by atoms with Crippen molar-refractivity contribution in [3.8, 4) is 0 Å². The molecule has 0 aromatic carbocycles. The molecule has 1 atom stereocenters. The van der Waals surface area contributed by atoms with Crippen molar-refractivity contribution in [2.24, 2.45) is 5.41 Å². The van der Waals surface area contributed by atoms with Crippen molar-refractivity contribution >= 4 is 11.8 Å². The number of nitrogens with one attached hydrogen (secondary N) is 2. The van der Waals surface area contributed by atoms with Crippen molar-refractivity contribution < 1.29 is 14.7 Å². The Morgan fingerprint density at radius 2 is 1.82 bits per heavy atom. The summed E-state index contributed by atoms with van der Waals surface area (Å²) in [5, 5.41) is 15.0. The first-order valence-electron chi connectivity index (χ1n) is 6.07. The maximum Gasteiger partial charge on any atom is 0.249 e. The maximum absolute atomic E-state index is 11.6. The highest BCUT2D eigenvalue weighted by atomic mass is 16.3. The van der Waals surface area contributed by atoms with Gasteiger partial charge in [-0.05, 0) is 18.8 Å². The maximum atomic E-state index is 11.6. The van der Waals surface area contributed by atoms with E-state index in [1.807, 2.05) is 27.7 Å². The summed E-state index contributed by atoms with van der Waals surface area (Å²) in [6.07, 6.45) is -0.0988. The second-order valence-corrected chi connectivity index (χ2v) is 4.74. The Labute approximate surface area is 103 Å². The zero-order valence-corrected chi connectivity index (χ0v) is 11.2. The molecule has 0 saturated carbocycles. The van der Waals surface area contributed by atoms with E-state index < -0.39 is 17.4 Å². The first-order valence-corrected chi connectivity index (χ1v) is 6.07. The van der Waals surface area contributed by atoms with Crippen molar-refractivity contribution in [2.45, 2.75) is 46.6 Å². The molecule has 0 spiro atoms. The van der Waals surface area contributed by atoms with E-state index in [1.165, 1.54) is 0 Å². The third kappa shape index (κ3) is 5.68. The Balaban J connectivity index is 3.99. The van der Waals surface area contributed by atoms with E-state index >= 15 is 0 Å². The van der Waals surface area contributed by atoms with Crippen LogP contribution in [-0.4, -0.2) is 36.1 Å². The topological polar surface area (TPSA) is 78.4 Å². The number of hydrogen-bond acceptors (Lipinski definition) is 3. The summed E-state index contributed by atoms with van der Waals surface area (Å²) >= 11 is 0. The van der Waals surface area contributed by atoms with E-state index in [9.17, 15) is 14.7 Å². The first-order chi connectivity index (χ1) is 7.85. The zero-order valence-electron chi connectivity index (χ0n) is 11.2. The van der Waals surface area contributed by atoms with Crippen LogP contribution >= 0.6 is 0 Å². The van der Waals surface area contributed by atoms with Gasteiger partial charge in [0.25, 0.3) is 0 Å². The van der Waals surface area contributed by atoms with E-state index in [0.717, 1.165) is 0 Å². The molecule has 0 fully saturated rings. The van der Waals surface area contributed by atoms with Crippen molar-refractivity contribution in [1.29, 1.82) is 0 Å². The van der Waals surface area contributed by atoms with Crippen LogP contribution in [0.4, 0.5) is 0 Å². The molecule has 0 radical (unpaired) electrons. The summed E-state index contributed by atoms with van der Waals surface area (Å²) in [6, 6.07) is 0. The lowest BCUT2D eigenvalue weighted by Crippen LogP contribution is -2.44. The Morgan fingerprint density at radius 3 is 2.29 bits per heavy atom. The Morgan fingerprint density at radius 1 is 1.24 bits per heavy atom. The molecule has 5 nitrogen and oxygen atoms in total. The van der Waals surface area contributed by atoms with E-state index in [4.69, 9.17) is 0 Å². The van der Waals surface area contributed by atoms with Crippen LogP contribution < -0.4 is 10.6 Å². The molecule has 0 saturated heterocycles. The van der Waals surface area contributed by atoms with Gasteiger partial charge in [0, 0.05) is 19.5 Å². The average Bonchev–Trinajstić information content (AvgIpc) is 2.28. The van der Waals surface area contributed by atoms with Gasteiger partial charge in [0.2, 0.25) is 11.8 Å². The highest BCUT2D eigenvalue weighted by Gasteiger charge is 2.31. The van der Waals surface area contributed by atoms with Crippen molar-refractivity contribution in [3.05, 3.63) is 0 Å². The molecule has 0 aromatic rings. The summed E-state index contributed by atoms with van der Waals surface area (Å²) in [6.45, 7) is 8.26. The molecule has 0 aliphatic rings. The molecule has 3 N–H and O–H groups in total. The van der Waals surface area contributed by atoms with Crippen LogP contribution in [0.1, 0.15) is 40.5 Å². The molecule has 100 valence electrons. The molecular formula is C12H24N2O3. The summed E-state index contributed by atoms with van der Waals surface area (Å²) in [7, 11) is 0. The largest absolute Gasteiger partial charge is 0.383 e. The summed E-state index contributed by atoms with van der Waals surface area (Å²) in [4.78, 5) is 22.7. The Kier molecular flexibility index (Phi) is 6.80. The SMILES string of the molecule is CCNC(=O)CCNC(=O)C(O)C(C)(C)CC. The van der Waals surface area contributed by atoms with Gasteiger partial charge in [0.05, 0.1) is 0 Å². The fraction of sp³-hybridized carbons (Fsp3) is 0.833. The monoisotopic (exact) mass is 244 g/mol. The molecule has 17 heavy (non-hydrogen) atoms. The van der Waals surface area contributed by atoms with Gasteiger partial charge in [0.1, 0.15) is 6.10 Å². The molecule has 1 unspecified atom stereocenters. The fourth-order valence-electron chi connectivity index (χ4n) is 1.23. The first kappa shape index (κ1) is 15.9. The number of carbonyl (C=O) groups excluding carboxylic acids is 2. The molecule has 0 aliphatic heterocycles. The molecule has 5 heteroatoms. The van der Waals surface area contributed by atoms with E-state index in [2.05, 4.69) is 10.6 Å². The van der Waals surface area contributed by atoms with Crippen molar-refractivity contribution in [2.75, 3.05) is 13.1 Å². The molecule has 0 heterocycles. The van der Waals surface area contributed by atoms with Crippen LogP contribution in [0, 0.1) is 5.41 Å². The van der Waals surface area contributed by atoms with Crippen molar-refractivity contribution in [1.82, 2.24) is 10.6 Å². The van der Waals surface area contributed by atoms with Crippen LogP contribution in [0.3, 0.4) is 0 Å². The van der Waals surface area contributed by atoms with Crippen LogP contribution in [-0.2, 0) is 9.59 Å². The number of carbonyl (C=O) groups is 2. The van der Waals surface area contributed by atoms with Gasteiger partial charge in [-0.15, -0.1) is 0 Å². The lowest BCUT2D eigenvalue weighted by Gasteiger charge is -2.28. The van der Waals surface area contributed by atoms with E-state index in [-0.39, 0.29) is 18.9 Å². The van der Waals surface area contributed by atoms with Gasteiger partial charge >= 0.3 is 0 Å². The molecule has 2 amide bonds. The number of aliphatic hydroxyl groups is 1. The zero-order chi connectivity index (χ0) is 13.5. The van der Waals surface area contributed by atoms with Gasteiger partial charge in [-0.25, -0.2) is 0 Å². The lowest BCUT2D eigenvalue weighted by molar-refractivity contribution is -0.135. The molecule has 0 bridgehead atoms. The van der Waals surface area contributed by atoms with E-state index in [1.54, 1.807) is 0 Å².